The van der Waals surface area contributed by atoms with E-state index in [9.17, 15) is 4.79 Å². The first-order valence-corrected chi connectivity index (χ1v) is 6.65. The second-order valence-corrected chi connectivity index (χ2v) is 5.43. The minimum Gasteiger partial charge on any atom is -0.296 e. The molecule has 0 bridgehead atoms. The highest BCUT2D eigenvalue weighted by Crippen LogP contribution is 2.29. The van der Waals surface area contributed by atoms with Crippen molar-refractivity contribution in [2.24, 2.45) is 0 Å². The maximum absolute atomic E-state index is 11.2. The van der Waals surface area contributed by atoms with Crippen molar-refractivity contribution in [3.8, 4) is 0 Å². The first-order valence-electron chi connectivity index (χ1n) is 5.53. The molecule has 0 radical (unpaired) electrons. The van der Waals surface area contributed by atoms with Gasteiger partial charge < -0.3 is 0 Å². The number of hydrogen-bond donors (Lipinski definition) is 1. The van der Waals surface area contributed by atoms with Crippen LogP contribution in [0.2, 0.25) is 0 Å². The third-order valence-corrected chi connectivity index (χ3v) is 3.46. The lowest BCUT2D eigenvalue weighted by Gasteiger charge is -2.25. The van der Waals surface area contributed by atoms with Crippen LogP contribution in [0, 0.1) is 0 Å². The Hall–Kier alpha value is -0.870. The van der Waals surface area contributed by atoms with Crippen LogP contribution in [0.5, 0.6) is 0 Å². The molecule has 0 fully saturated rings. The van der Waals surface area contributed by atoms with E-state index in [1.165, 1.54) is 0 Å². The lowest BCUT2D eigenvalue weighted by atomic mass is 9.80. The average Bonchev–Trinajstić information content (AvgIpc) is 2.35. The summed E-state index contributed by atoms with van der Waals surface area (Å²) >= 11 is 3.42. The average molecular weight is 301 g/mol. The van der Waals surface area contributed by atoms with Crippen molar-refractivity contribution >= 4 is 21.9 Å². The number of hydrogen-bond acceptors (Lipinski definition) is 3. The first-order chi connectivity index (χ1) is 8.01. The quantitative estimate of drug-likeness (QED) is 0.511. The maximum atomic E-state index is 11.2. The fraction of sp³-hybridized carbons (Fsp3) is 0.462. The summed E-state index contributed by atoms with van der Waals surface area (Å²) in [7, 11) is 0. The summed E-state index contributed by atoms with van der Waals surface area (Å²) in [6.45, 7) is 4.28. The van der Waals surface area contributed by atoms with E-state index >= 15 is 0 Å². The summed E-state index contributed by atoms with van der Waals surface area (Å²) in [5.41, 5.74) is 1.44. The second kappa shape index (κ2) is 6.17. The third-order valence-electron chi connectivity index (χ3n) is 2.90. The monoisotopic (exact) mass is 300 g/mol. The molecule has 17 heavy (non-hydrogen) atoms. The largest absolute Gasteiger partial charge is 0.372 e. The van der Waals surface area contributed by atoms with Gasteiger partial charge in [-0.2, -0.15) is 5.26 Å². The van der Waals surface area contributed by atoms with Crippen LogP contribution in [0.3, 0.4) is 0 Å². The second-order valence-electron chi connectivity index (χ2n) is 4.64. The van der Waals surface area contributed by atoms with Crippen LogP contribution in [0.25, 0.3) is 0 Å². The predicted molar refractivity (Wildman–Crippen MR) is 70.5 cm³/mol. The Morgan fingerprint density at radius 2 is 2.18 bits per heavy atom. The summed E-state index contributed by atoms with van der Waals surface area (Å²) in [4.78, 5) is 15.0. The van der Waals surface area contributed by atoms with E-state index in [0.717, 1.165) is 23.7 Å². The van der Waals surface area contributed by atoms with E-state index in [1.807, 2.05) is 6.07 Å². The normalized spacial score (nSPS) is 11.3. The first kappa shape index (κ1) is 14.2. The van der Waals surface area contributed by atoms with Gasteiger partial charge in [0.05, 0.1) is 5.56 Å². The molecule has 0 aliphatic heterocycles. The van der Waals surface area contributed by atoms with Gasteiger partial charge >= 0.3 is 5.97 Å². The van der Waals surface area contributed by atoms with Crippen LogP contribution >= 0.6 is 15.9 Å². The zero-order valence-electron chi connectivity index (χ0n) is 10.1. The van der Waals surface area contributed by atoms with Crippen LogP contribution in [-0.4, -0.2) is 16.6 Å². The van der Waals surface area contributed by atoms with Gasteiger partial charge in [0.25, 0.3) is 0 Å². The summed E-state index contributed by atoms with van der Waals surface area (Å²) < 4.78 is 0. The molecule has 0 aliphatic carbocycles. The molecular weight excluding hydrogens is 284 g/mol. The zero-order valence-corrected chi connectivity index (χ0v) is 11.7. The molecule has 0 atom stereocenters. The highest BCUT2D eigenvalue weighted by molar-refractivity contribution is 9.09. The molecule has 0 heterocycles. The standard InChI is InChI=1S/C13H17BrO3/c1-13(2,7-4-8-14)11-6-3-5-10(9-11)12(15)17-16/h3,5-6,9,16H,4,7-8H2,1-2H3. The van der Waals surface area contributed by atoms with Gasteiger partial charge in [0, 0.05) is 5.33 Å². The highest BCUT2D eigenvalue weighted by atomic mass is 79.9. The SMILES string of the molecule is CC(C)(CCCBr)c1cccc(C(=O)OO)c1. The van der Waals surface area contributed by atoms with Crippen molar-refractivity contribution in [3.63, 3.8) is 0 Å². The van der Waals surface area contributed by atoms with Crippen LogP contribution in [0.4, 0.5) is 0 Å². The van der Waals surface area contributed by atoms with E-state index in [4.69, 9.17) is 5.26 Å². The van der Waals surface area contributed by atoms with Crippen LogP contribution in [0.15, 0.2) is 24.3 Å². The number of alkyl halides is 1. The molecule has 94 valence electrons. The molecule has 0 aromatic heterocycles. The van der Waals surface area contributed by atoms with Gasteiger partial charge in [0.1, 0.15) is 0 Å². The van der Waals surface area contributed by atoms with E-state index in [-0.39, 0.29) is 5.41 Å². The van der Waals surface area contributed by atoms with Crippen LogP contribution in [0.1, 0.15) is 42.6 Å². The Kier molecular flexibility index (Phi) is 5.15. The number of rotatable bonds is 5. The topological polar surface area (TPSA) is 46.5 Å². The van der Waals surface area contributed by atoms with Gasteiger partial charge in [-0.1, -0.05) is 41.9 Å². The summed E-state index contributed by atoms with van der Waals surface area (Å²) in [5.74, 6) is -0.719. The maximum Gasteiger partial charge on any atom is 0.372 e. The third kappa shape index (κ3) is 3.82. The Morgan fingerprint density at radius 1 is 1.47 bits per heavy atom. The van der Waals surface area contributed by atoms with Crippen molar-refractivity contribution in [1.29, 1.82) is 0 Å². The number of carbonyl (C=O) groups is 1. The predicted octanol–water partition coefficient (Wildman–Crippen LogP) is 3.77. The highest BCUT2D eigenvalue weighted by Gasteiger charge is 2.21. The molecule has 4 heteroatoms. The molecule has 1 aromatic rings. The molecule has 0 unspecified atom stereocenters. The lowest BCUT2D eigenvalue weighted by molar-refractivity contribution is -0.182. The van der Waals surface area contributed by atoms with Gasteiger partial charge in [-0.05, 0) is 36.0 Å². The van der Waals surface area contributed by atoms with Crippen molar-refractivity contribution < 1.29 is 14.9 Å². The van der Waals surface area contributed by atoms with Crippen molar-refractivity contribution in [3.05, 3.63) is 35.4 Å². The van der Waals surface area contributed by atoms with Gasteiger partial charge in [-0.15, -0.1) is 0 Å². The number of benzene rings is 1. The van der Waals surface area contributed by atoms with Crippen molar-refractivity contribution in [1.82, 2.24) is 0 Å². The molecule has 0 saturated carbocycles. The fourth-order valence-electron chi connectivity index (χ4n) is 1.77. The Morgan fingerprint density at radius 3 is 2.76 bits per heavy atom. The van der Waals surface area contributed by atoms with E-state index in [1.54, 1.807) is 18.2 Å². The molecule has 0 saturated heterocycles. The van der Waals surface area contributed by atoms with Crippen molar-refractivity contribution in [2.45, 2.75) is 32.1 Å². The number of carbonyl (C=O) groups excluding carboxylic acids is 1. The lowest BCUT2D eigenvalue weighted by Crippen LogP contribution is -2.18. The summed E-state index contributed by atoms with van der Waals surface area (Å²) in [6, 6.07) is 7.19. The molecular formula is C13H17BrO3. The van der Waals surface area contributed by atoms with Gasteiger partial charge in [0.15, 0.2) is 0 Å². The molecule has 1 aromatic carbocycles. The molecule has 1 rings (SSSR count). The molecule has 0 amide bonds. The number of halogens is 1. The zero-order chi connectivity index (χ0) is 12.9. The summed E-state index contributed by atoms with van der Waals surface area (Å²) in [6.07, 6.45) is 2.09. The minimum absolute atomic E-state index is 0.000480. The van der Waals surface area contributed by atoms with E-state index < -0.39 is 5.97 Å². The minimum atomic E-state index is -0.719. The molecule has 1 N–H and O–H groups in total. The van der Waals surface area contributed by atoms with Gasteiger partial charge in [-0.3, -0.25) is 4.89 Å². The fourth-order valence-corrected chi connectivity index (χ4v) is 2.05. The van der Waals surface area contributed by atoms with Gasteiger partial charge in [-0.25, -0.2) is 4.79 Å². The van der Waals surface area contributed by atoms with E-state index in [2.05, 4.69) is 34.7 Å². The smallest absolute Gasteiger partial charge is 0.296 e. The Balaban J connectivity index is 2.94. The summed E-state index contributed by atoms with van der Waals surface area (Å²) in [5, 5.41) is 9.33. The van der Waals surface area contributed by atoms with E-state index in [0.29, 0.717) is 5.56 Å². The molecule has 3 nitrogen and oxygen atoms in total. The van der Waals surface area contributed by atoms with Crippen molar-refractivity contribution in [2.75, 3.05) is 5.33 Å². The molecule has 0 spiro atoms. The van der Waals surface area contributed by atoms with Crippen LogP contribution in [-0.2, 0) is 10.3 Å². The molecule has 0 aliphatic rings. The van der Waals surface area contributed by atoms with Gasteiger partial charge in [0.2, 0.25) is 0 Å². The Bertz CT molecular complexity index is 388. The Labute approximate surface area is 110 Å². The van der Waals surface area contributed by atoms with Crippen LogP contribution < -0.4 is 0 Å².